The molecular weight excluding hydrogens is 132 g/mol. The molecular formula is C7H8OS. The van der Waals surface area contributed by atoms with Crippen LogP contribution in [0.25, 0.3) is 0 Å². The van der Waals surface area contributed by atoms with Gasteiger partial charge in [0.2, 0.25) is 0 Å². The molecule has 1 rings (SSSR count). The molecule has 1 heterocycles. The van der Waals surface area contributed by atoms with E-state index < -0.39 is 10.8 Å². The van der Waals surface area contributed by atoms with Crippen molar-refractivity contribution < 1.29 is 4.21 Å². The van der Waals surface area contributed by atoms with Crippen molar-refractivity contribution in [3.05, 3.63) is 35.8 Å². The quantitative estimate of drug-likeness (QED) is 0.496. The molecule has 48 valence electrons. The van der Waals surface area contributed by atoms with Gasteiger partial charge in [-0.25, -0.2) is 0 Å². The molecule has 0 aromatic rings. The first-order valence-electron chi connectivity index (χ1n) is 2.77. The molecule has 0 saturated heterocycles. The molecule has 0 saturated carbocycles. The smallest absolute Gasteiger partial charge is 0.0494 e. The van der Waals surface area contributed by atoms with Crippen molar-refractivity contribution >= 4 is 10.8 Å². The third-order valence-electron chi connectivity index (χ3n) is 0.960. The molecule has 9 heavy (non-hydrogen) atoms. The lowest BCUT2D eigenvalue weighted by molar-refractivity contribution is 0.690. The van der Waals surface area contributed by atoms with Gasteiger partial charge in [-0.3, -0.25) is 4.21 Å². The van der Waals surface area contributed by atoms with E-state index in [0.29, 0.717) is 5.75 Å². The molecule has 0 aliphatic carbocycles. The molecule has 0 aromatic carbocycles. The Labute approximate surface area is 57.2 Å². The van der Waals surface area contributed by atoms with Crippen LogP contribution in [0.3, 0.4) is 0 Å². The molecule has 0 amide bonds. The van der Waals surface area contributed by atoms with E-state index in [1.165, 1.54) is 0 Å². The number of hydrogen-bond donors (Lipinski definition) is 0. The highest BCUT2D eigenvalue weighted by atomic mass is 32.2. The maximum Gasteiger partial charge on any atom is 0.0494 e. The van der Waals surface area contributed by atoms with E-state index in [0.717, 1.165) is 0 Å². The summed E-state index contributed by atoms with van der Waals surface area (Å²) in [6.07, 6.45) is 9.40. The van der Waals surface area contributed by atoms with Crippen LogP contribution in [0.1, 0.15) is 0 Å². The van der Waals surface area contributed by atoms with Crippen molar-refractivity contribution in [3.63, 3.8) is 0 Å². The summed E-state index contributed by atoms with van der Waals surface area (Å²) in [5.41, 5.74) is 0. The van der Waals surface area contributed by atoms with Crippen molar-refractivity contribution in [1.29, 1.82) is 0 Å². The molecule has 0 fully saturated rings. The lowest BCUT2D eigenvalue weighted by Crippen LogP contribution is -1.88. The van der Waals surface area contributed by atoms with Crippen LogP contribution in [0.2, 0.25) is 0 Å². The van der Waals surface area contributed by atoms with Crippen molar-refractivity contribution in [3.8, 4) is 0 Å². The fourth-order valence-corrected chi connectivity index (χ4v) is 1.22. The predicted molar refractivity (Wildman–Crippen MR) is 40.4 cm³/mol. The fraction of sp³-hybridized carbons (Fsp3) is 0.143. The Hall–Kier alpha value is -0.630. The lowest BCUT2D eigenvalue weighted by Gasteiger charge is -1.88. The number of rotatable bonds is 0. The molecule has 1 unspecified atom stereocenters. The minimum atomic E-state index is -0.787. The highest BCUT2D eigenvalue weighted by Crippen LogP contribution is 1.92. The van der Waals surface area contributed by atoms with E-state index in [1.54, 1.807) is 11.5 Å². The summed E-state index contributed by atoms with van der Waals surface area (Å²) in [7, 11) is -0.787. The third kappa shape index (κ3) is 2.42. The molecule has 1 aliphatic heterocycles. The zero-order chi connectivity index (χ0) is 6.53. The average molecular weight is 140 g/mol. The van der Waals surface area contributed by atoms with E-state index in [-0.39, 0.29) is 0 Å². The average Bonchev–Trinajstić information content (AvgIpc) is 1.79. The lowest BCUT2D eigenvalue weighted by atomic mass is 10.4. The summed E-state index contributed by atoms with van der Waals surface area (Å²) in [4.78, 5) is 0. The van der Waals surface area contributed by atoms with E-state index in [9.17, 15) is 4.21 Å². The largest absolute Gasteiger partial charge is 0.255 e. The van der Waals surface area contributed by atoms with Gasteiger partial charge in [0.25, 0.3) is 0 Å². The summed E-state index contributed by atoms with van der Waals surface area (Å²) in [5.74, 6) is 0.640. The summed E-state index contributed by atoms with van der Waals surface area (Å²) >= 11 is 0. The Bertz CT molecular complexity index is 189. The summed E-state index contributed by atoms with van der Waals surface area (Å²) in [6, 6.07) is 0. The normalized spacial score (nSPS) is 36.2. The first kappa shape index (κ1) is 6.49. The van der Waals surface area contributed by atoms with Crippen LogP contribution in [0.4, 0.5) is 0 Å². The van der Waals surface area contributed by atoms with Gasteiger partial charge >= 0.3 is 0 Å². The second kappa shape index (κ2) is 3.41. The molecule has 0 N–H and O–H groups in total. The Kier molecular flexibility index (Phi) is 2.46. The second-order valence-corrected chi connectivity index (χ2v) is 3.06. The molecule has 0 radical (unpaired) electrons. The van der Waals surface area contributed by atoms with Gasteiger partial charge in [-0.1, -0.05) is 30.4 Å². The van der Waals surface area contributed by atoms with Crippen LogP contribution in [0, 0.1) is 0 Å². The fourth-order valence-electron chi connectivity index (χ4n) is 0.546. The van der Waals surface area contributed by atoms with Gasteiger partial charge in [0.15, 0.2) is 0 Å². The van der Waals surface area contributed by atoms with E-state index in [1.807, 2.05) is 24.3 Å². The van der Waals surface area contributed by atoms with Crippen LogP contribution < -0.4 is 0 Å². The minimum absolute atomic E-state index is 0.640. The van der Waals surface area contributed by atoms with Crippen LogP contribution in [0.5, 0.6) is 0 Å². The van der Waals surface area contributed by atoms with Gasteiger partial charge in [0, 0.05) is 22.0 Å². The summed E-state index contributed by atoms with van der Waals surface area (Å²) in [5, 5.41) is 1.69. The van der Waals surface area contributed by atoms with Crippen molar-refractivity contribution in [2.24, 2.45) is 0 Å². The Morgan fingerprint density at radius 2 is 1.89 bits per heavy atom. The predicted octanol–water partition coefficient (Wildman–Crippen LogP) is 1.37. The van der Waals surface area contributed by atoms with Crippen molar-refractivity contribution in [1.82, 2.24) is 0 Å². The zero-order valence-electron chi connectivity index (χ0n) is 4.99. The van der Waals surface area contributed by atoms with Gasteiger partial charge in [0.05, 0.1) is 0 Å². The maximum absolute atomic E-state index is 10.8. The summed E-state index contributed by atoms with van der Waals surface area (Å²) < 4.78 is 10.8. The topological polar surface area (TPSA) is 17.1 Å². The SMILES string of the molecule is O=S1\C=C/C=C\C=C/C1. The Morgan fingerprint density at radius 1 is 1.11 bits per heavy atom. The van der Waals surface area contributed by atoms with Gasteiger partial charge < -0.3 is 0 Å². The van der Waals surface area contributed by atoms with Gasteiger partial charge in [0.1, 0.15) is 0 Å². The van der Waals surface area contributed by atoms with Gasteiger partial charge in [-0.15, -0.1) is 0 Å². The highest BCUT2D eigenvalue weighted by Gasteiger charge is 1.87. The molecule has 0 aromatic heterocycles. The van der Waals surface area contributed by atoms with Crippen LogP contribution in [0.15, 0.2) is 35.8 Å². The maximum atomic E-state index is 10.8. The van der Waals surface area contributed by atoms with Crippen molar-refractivity contribution in [2.45, 2.75) is 0 Å². The Balaban J connectivity index is 2.70. The monoisotopic (exact) mass is 140 g/mol. The molecule has 1 aliphatic rings. The summed E-state index contributed by atoms with van der Waals surface area (Å²) in [6.45, 7) is 0. The van der Waals surface area contributed by atoms with Crippen molar-refractivity contribution in [2.75, 3.05) is 5.75 Å². The van der Waals surface area contributed by atoms with E-state index in [4.69, 9.17) is 0 Å². The second-order valence-electron chi connectivity index (χ2n) is 1.69. The number of hydrogen-bond acceptors (Lipinski definition) is 1. The molecule has 2 heteroatoms. The number of allylic oxidation sites excluding steroid dienone is 4. The molecule has 0 bridgehead atoms. The van der Waals surface area contributed by atoms with E-state index in [2.05, 4.69) is 0 Å². The first-order valence-corrected chi connectivity index (χ1v) is 4.15. The van der Waals surface area contributed by atoms with Crippen LogP contribution >= 0.6 is 0 Å². The van der Waals surface area contributed by atoms with E-state index >= 15 is 0 Å². The zero-order valence-corrected chi connectivity index (χ0v) is 5.80. The molecule has 1 nitrogen and oxygen atoms in total. The third-order valence-corrected chi connectivity index (χ3v) is 1.94. The van der Waals surface area contributed by atoms with Crippen LogP contribution in [-0.4, -0.2) is 9.96 Å². The van der Waals surface area contributed by atoms with Crippen LogP contribution in [-0.2, 0) is 10.8 Å². The molecule has 0 spiro atoms. The van der Waals surface area contributed by atoms with Gasteiger partial charge in [-0.05, 0) is 0 Å². The Morgan fingerprint density at radius 3 is 2.78 bits per heavy atom. The minimum Gasteiger partial charge on any atom is -0.255 e. The highest BCUT2D eigenvalue weighted by molar-refractivity contribution is 7.88. The molecule has 1 atom stereocenters. The standard InChI is InChI=1S/C7H8OS/c8-9-6-4-2-1-3-5-7-9/h1-6H,7H2/b2-1-,5-3-,6-4-. The van der Waals surface area contributed by atoms with Gasteiger partial charge in [-0.2, -0.15) is 0 Å². The first-order chi connectivity index (χ1) is 4.39.